The molecular weight excluding hydrogens is 258 g/mol. The van der Waals surface area contributed by atoms with Gasteiger partial charge in [0, 0.05) is 12.6 Å². The molecule has 0 bridgehead atoms. The van der Waals surface area contributed by atoms with Gasteiger partial charge in [0.25, 0.3) is 0 Å². The molecule has 0 fully saturated rings. The van der Waals surface area contributed by atoms with Crippen LogP contribution in [0.5, 0.6) is 0 Å². The highest BCUT2D eigenvalue weighted by Gasteiger charge is 2.14. The van der Waals surface area contributed by atoms with E-state index in [4.69, 9.17) is 0 Å². The molecule has 112 valence electrons. The lowest BCUT2D eigenvalue weighted by Crippen LogP contribution is -2.32. The summed E-state index contributed by atoms with van der Waals surface area (Å²) in [5.74, 6) is 0. The van der Waals surface area contributed by atoms with Crippen LogP contribution >= 0.6 is 0 Å². The molecule has 0 saturated carbocycles. The minimum Gasteiger partial charge on any atom is -0.387 e. The van der Waals surface area contributed by atoms with Crippen molar-refractivity contribution in [3.05, 3.63) is 60.2 Å². The molecule has 2 rings (SSSR count). The SMILES string of the molecule is CCC(C)N(C)CC(O)c1ccc(-c2ccccc2)cc1. The van der Waals surface area contributed by atoms with Crippen molar-refractivity contribution in [3.8, 4) is 11.1 Å². The summed E-state index contributed by atoms with van der Waals surface area (Å²) >= 11 is 0. The second-order valence-corrected chi connectivity index (χ2v) is 5.70. The topological polar surface area (TPSA) is 23.5 Å². The van der Waals surface area contributed by atoms with Gasteiger partial charge >= 0.3 is 0 Å². The Morgan fingerprint density at radius 3 is 2.10 bits per heavy atom. The second-order valence-electron chi connectivity index (χ2n) is 5.70. The van der Waals surface area contributed by atoms with Gasteiger partial charge in [0.2, 0.25) is 0 Å². The van der Waals surface area contributed by atoms with Crippen molar-refractivity contribution in [1.29, 1.82) is 0 Å². The first-order chi connectivity index (χ1) is 10.1. The first-order valence-corrected chi connectivity index (χ1v) is 7.65. The number of rotatable bonds is 6. The summed E-state index contributed by atoms with van der Waals surface area (Å²) in [5, 5.41) is 10.4. The predicted molar refractivity (Wildman–Crippen MR) is 89.2 cm³/mol. The Kier molecular flexibility index (Phi) is 5.54. The Bertz CT molecular complexity index is 535. The van der Waals surface area contributed by atoms with E-state index in [1.165, 1.54) is 11.1 Å². The van der Waals surface area contributed by atoms with Crippen LogP contribution in [0.3, 0.4) is 0 Å². The Morgan fingerprint density at radius 2 is 1.52 bits per heavy atom. The Morgan fingerprint density at radius 1 is 0.952 bits per heavy atom. The van der Waals surface area contributed by atoms with E-state index in [2.05, 4.69) is 50.1 Å². The molecule has 0 aliphatic rings. The fraction of sp³-hybridized carbons (Fsp3) is 0.368. The second kappa shape index (κ2) is 7.39. The van der Waals surface area contributed by atoms with Crippen LogP contribution in [-0.4, -0.2) is 29.6 Å². The third-order valence-corrected chi connectivity index (χ3v) is 4.21. The largest absolute Gasteiger partial charge is 0.387 e. The standard InChI is InChI=1S/C19H25NO/c1-4-15(2)20(3)14-19(21)18-12-10-17(11-13-18)16-8-6-5-7-9-16/h5-13,15,19,21H,4,14H2,1-3H3. The monoisotopic (exact) mass is 283 g/mol. The summed E-state index contributed by atoms with van der Waals surface area (Å²) in [4.78, 5) is 2.20. The van der Waals surface area contributed by atoms with Gasteiger partial charge in [-0.2, -0.15) is 0 Å². The molecule has 2 aromatic rings. The minimum absolute atomic E-state index is 0.436. The van der Waals surface area contributed by atoms with E-state index >= 15 is 0 Å². The number of benzene rings is 2. The van der Waals surface area contributed by atoms with Crippen molar-refractivity contribution in [2.24, 2.45) is 0 Å². The average molecular weight is 283 g/mol. The number of hydrogen-bond donors (Lipinski definition) is 1. The van der Waals surface area contributed by atoms with Gasteiger partial charge in [0.05, 0.1) is 6.10 Å². The van der Waals surface area contributed by atoms with Gasteiger partial charge in [0.1, 0.15) is 0 Å². The molecule has 0 saturated heterocycles. The van der Waals surface area contributed by atoms with Crippen molar-refractivity contribution in [3.63, 3.8) is 0 Å². The summed E-state index contributed by atoms with van der Waals surface area (Å²) in [6.07, 6.45) is 0.657. The smallest absolute Gasteiger partial charge is 0.0916 e. The molecule has 0 heterocycles. The predicted octanol–water partition coefficient (Wildman–Crippen LogP) is 4.12. The number of nitrogens with zero attached hydrogens (tertiary/aromatic N) is 1. The first-order valence-electron chi connectivity index (χ1n) is 7.65. The van der Waals surface area contributed by atoms with Gasteiger partial charge in [-0.1, -0.05) is 61.5 Å². The van der Waals surface area contributed by atoms with Gasteiger partial charge < -0.3 is 10.0 Å². The molecule has 2 atom stereocenters. The fourth-order valence-electron chi connectivity index (χ4n) is 2.40. The molecule has 0 aromatic heterocycles. The molecule has 2 unspecified atom stereocenters. The van der Waals surface area contributed by atoms with E-state index in [9.17, 15) is 5.11 Å². The van der Waals surface area contributed by atoms with Crippen LogP contribution in [0.1, 0.15) is 31.9 Å². The number of likely N-dealkylation sites (N-methyl/N-ethyl adjacent to an activating group) is 1. The molecule has 2 nitrogen and oxygen atoms in total. The van der Waals surface area contributed by atoms with Crippen molar-refractivity contribution < 1.29 is 5.11 Å². The number of aliphatic hydroxyl groups excluding tert-OH is 1. The highest BCUT2D eigenvalue weighted by Crippen LogP contribution is 2.22. The van der Waals surface area contributed by atoms with Gasteiger partial charge in [-0.3, -0.25) is 0 Å². The Hall–Kier alpha value is -1.64. The highest BCUT2D eigenvalue weighted by atomic mass is 16.3. The molecule has 2 aromatic carbocycles. The zero-order valence-corrected chi connectivity index (χ0v) is 13.2. The molecule has 0 amide bonds. The van der Waals surface area contributed by atoms with Gasteiger partial charge in [-0.25, -0.2) is 0 Å². The van der Waals surface area contributed by atoms with E-state index in [0.29, 0.717) is 12.6 Å². The molecule has 2 heteroatoms. The molecule has 1 N–H and O–H groups in total. The van der Waals surface area contributed by atoms with E-state index in [-0.39, 0.29) is 0 Å². The maximum absolute atomic E-state index is 10.4. The zero-order valence-electron chi connectivity index (χ0n) is 13.2. The molecule has 0 aliphatic carbocycles. The van der Waals surface area contributed by atoms with Crippen LogP contribution in [0, 0.1) is 0 Å². The summed E-state index contributed by atoms with van der Waals surface area (Å²) in [7, 11) is 2.07. The van der Waals surface area contributed by atoms with E-state index < -0.39 is 6.10 Å². The van der Waals surface area contributed by atoms with Gasteiger partial charge in [-0.05, 0) is 37.1 Å². The third kappa shape index (κ3) is 4.16. The van der Waals surface area contributed by atoms with Gasteiger partial charge in [0.15, 0.2) is 0 Å². The van der Waals surface area contributed by atoms with Crippen molar-refractivity contribution in [2.45, 2.75) is 32.4 Å². The Balaban J connectivity index is 2.05. The summed E-state index contributed by atoms with van der Waals surface area (Å²) in [5.41, 5.74) is 3.36. The van der Waals surface area contributed by atoms with Crippen molar-refractivity contribution in [1.82, 2.24) is 4.90 Å². The first kappa shape index (κ1) is 15.7. The van der Waals surface area contributed by atoms with Crippen molar-refractivity contribution in [2.75, 3.05) is 13.6 Å². The van der Waals surface area contributed by atoms with Crippen LogP contribution in [0.2, 0.25) is 0 Å². The van der Waals surface area contributed by atoms with Crippen LogP contribution in [0.25, 0.3) is 11.1 Å². The van der Waals surface area contributed by atoms with Crippen LogP contribution in [0.4, 0.5) is 0 Å². The molecule has 0 radical (unpaired) electrons. The highest BCUT2D eigenvalue weighted by molar-refractivity contribution is 5.63. The van der Waals surface area contributed by atoms with Gasteiger partial charge in [-0.15, -0.1) is 0 Å². The van der Waals surface area contributed by atoms with E-state index in [0.717, 1.165) is 12.0 Å². The maximum Gasteiger partial charge on any atom is 0.0916 e. The van der Waals surface area contributed by atoms with Crippen LogP contribution < -0.4 is 0 Å². The lowest BCUT2D eigenvalue weighted by atomic mass is 10.0. The third-order valence-electron chi connectivity index (χ3n) is 4.21. The van der Waals surface area contributed by atoms with E-state index in [1.54, 1.807) is 0 Å². The van der Waals surface area contributed by atoms with Crippen molar-refractivity contribution >= 4 is 0 Å². The lowest BCUT2D eigenvalue weighted by molar-refractivity contribution is 0.107. The Labute approximate surface area is 128 Å². The average Bonchev–Trinajstić information content (AvgIpc) is 2.55. The minimum atomic E-state index is -0.436. The van der Waals surface area contributed by atoms with Crippen LogP contribution in [-0.2, 0) is 0 Å². The molecular formula is C19H25NO. The number of hydrogen-bond acceptors (Lipinski definition) is 2. The fourth-order valence-corrected chi connectivity index (χ4v) is 2.40. The maximum atomic E-state index is 10.4. The zero-order chi connectivity index (χ0) is 15.2. The van der Waals surface area contributed by atoms with E-state index in [1.807, 2.05) is 30.3 Å². The quantitative estimate of drug-likeness (QED) is 0.862. The molecule has 0 spiro atoms. The molecule has 0 aliphatic heterocycles. The normalized spacial score (nSPS) is 14.1. The summed E-state index contributed by atoms with van der Waals surface area (Å²) < 4.78 is 0. The van der Waals surface area contributed by atoms with Crippen LogP contribution in [0.15, 0.2) is 54.6 Å². The lowest BCUT2D eigenvalue weighted by Gasteiger charge is -2.26. The summed E-state index contributed by atoms with van der Waals surface area (Å²) in [6.45, 7) is 5.02. The number of aliphatic hydroxyl groups is 1. The molecule has 21 heavy (non-hydrogen) atoms. The summed E-state index contributed by atoms with van der Waals surface area (Å²) in [6, 6.07) is 19.0.